The third-order valence-electron chi connectivity index (χ3n) is 5.43. The molecule has 12 nitrogen and oxygen atoms in total. The van der Waals surface area contributed by atoms with Crippen LogP contribution in [-0.4, -0.2) is 104 Å². The number of esters is 1. The van der Waals surface area contributed by atoms with E-state index < -0.39 is 17.7 Å². The van der Waals surface area contributed by atoms with Crippen molar-refractivity contribution in [2.24, 2.45) is 0 Å². The maximum atomic E-state index is 12.5. The van der Waals surface area contributed by atoms with Gasteiger partial charge in [-0.25, -0.2) is 4.79 Å². The zero-order chi connectivity index (χ0) is 30.4. The highest BCUT2D eigenvalue weighted by Crippen LogP contribution is 2.08. The van der Waals surface area contributed by atoms with Crippen molar-refractivity contribution in [3.05, 3.63) is 0 Å². The van der Waals surface area contributed by atoms with Crippen molar-refractivity contribution in [3.63, 3.8) is 0 Å². The van der Waals surface area contributed by atoms with Crippen molar-refractivity contribution in [3.8, 4) is 0 Å². The highest BCUT2D eigenvalue weighted by molar-refractivity contribution is 5.83. The Morgan fingerprint density at radius 2 is 1.20 bits per heavy atom. The predicted molar refractivity (Wildman–Crippen MR) is 152 cm³/mol. The third-order valence-corrected chi connectivity index (χ3v) is 5.43. The number of rotatable bonds is 21. The van der Waals surface area contributed by atoms with Gasteiger partial charge in [-0.3, -0.25) is 19.2 Å². The number of amides is 3. The molecule has 0 aromatic heterocycles. The van der Waals surface area contributed by atoms with Crippen LogP contribution in [0.3, 0.4) is 0 Å². The van der Waals surface area contributed by atoms with Crippen LogP contribution in [0.15, 0.2) is 0 Å². The molecule has 0 radical (unpaired) electrons. The van der Waals surface area contributed by atoms with Crippen LogP contribution in [0.1, 0.15) is 86.5 Å². The zero-order valence-corrected chi connectivity index (χ0v) is 25.5. The van der Waals surface area contributed by atoms with Crippen LogP contribution in [0, 0.1) is 0 Å². The molecule has 40 heavy (non-hydrogen) atoms. The second-order valence-electron chi connectivity index (χ2n) is 10.4. The van der Waals surface area contributed by atoms with E-state index >= 15 is 0 Å². The summed E-state index contributed by atoms with van der Waals surface area (Å²) in [5, 5.41) is 5.81. The van der Waals surface area contributed by atoms with Gasteiger partial charge in [0.25, 0.3) is 0 Å². The van der Waals surface area contributed by atoms with E-state index in [1.807, 2.05) is 20.8 Å². The Morgan fingerprint density at radius 1 is 0.650 bits per heavy atom. The van der Waals surface area contributed by atoms with Crippen molar-refractivity contribution >= 4 is 29.8 Å². The molecule has 0 heterocycles. The van der Waals surface area contributed by atoms with Crippen LogP contribution in [0.5, 0.6) is 0 Å². The van der Waals surface area contributed by atoms with Gasteiger partial charge in [0, 0.05) is 58.5 Å². The molecule has 0 aliphatic carbocycles. The average Bonchev–Trinajstić information content (AvgIpc) is 2.88. The summed E-state index contributed by atoms with van der Waals surface area (Å²) in [6, 6.07) is 0. The van der Waals surface area contributed by atoms with Crippen molar-refractivity contribution < 1.29 is 38.2 Å². The molecule has 0 aromatic carbocycles. The van der Waals surface area contributed by atoms with Gasteiger partial charge in [-0.15, -0.1) is 0 Å². The van der Waals surface area contributed by atoms with E-state index in [2.05, 4.69) is 10.6 Å². The number of nitrogens with one attached hydrogen (secondary N) is 2. The first kappa shape index (κ1) is 37.1. The number of carbonyl (C=O) groups excluding carboxylic acids is 5. The van der Waals surface area contributed by atoms with E-state index in [-0.39, 0.29) is 63.2 Å². The predicted octanol–water partition coefficient (Wildman–Crippen LogP) is 2.63. The van der Waals surface area contributed by atoms with Crippen LogP contribution in [0.4, 0.5) is 4.79 Å². The highest BCUT2D eigenvalue weighted by atomic mass is 16.7. The molecule has 0 atom stereocenters. The van der Waals surface area contributed by atoms with Crippen LogP contribution in [0.25, 0.3) is 0 Å². The fourth-order valence-corrected chi connectivity index (χ4v) is 3.61. The number of hydrogen-bond donors (Lipinski definition) is 2. The highest BCUT2D eigenvalue weighted by Gasteiger charge is 2.19. The SMILES string of the molecule is CCCN(CCC)C(=O)CCC(=O)OCCNCCNC(=O)CCC(=O)N(CCC)CCOC(=O)OC(C)(C)C. The molecular weight excluding hydrogens is 520 g/mol. The number of hydrogen-bond acceptors (Lipinski definition) is 9. The lowest BCUT2D eigenvalue weighted by atomic mass is 10.2. The number of ether oxygens (including phenoxy) is 3. The lowest BCUT2D eigenvalue weighted by Gasteiger charge is -2.23. The van der Waals surface area contributed by atoms with Crippen molar-refractivity contribution in [1.29, 1.82) is 0 Å². The topological polar surface area (TPSA) is 144 Å². The van der Waals surface area contributed by atoms with Gasteiger partial charge in [0.15, 0.2) is 0 Å². The smallest absolute Gasteiger partial charge is 0.464 e. The minimum atomic E-state index is -0.782. The molecular formula is C28H52N4O8. The van der Waals surface area contributed by atoms with Crippen molar-refractivity contribution in [1.82, 2.24) is 20.4 Å². The van der Waals surface area contributed by atoms with Crippen LogP contribution >= 0.6 is 0 Å². The van der Waals surface area contributed by atoms with Gasteiger partial charge in [0.05, 0.1) is 13.0 Å². The summed E-state index contributed by atoms with van der Waals surface area (Å²) in [5.41, 5.74) is -0.654. The van der Waals surface area contributed by atoms with E-state index in [1.165, 1.54) is 0 Å². The van der Waals surface area contributed by atoms with Gasteiger partial charge in [-0.05, 0) is 40.0 Å². The molecule has 0 bridgehead atoms. The molecule has 0 aliphatic heterocycles. The van der Waals surface area contributed by atoms with E-state index in [9.17, 15) is 24.0 Å². The zero-order valence-electron chi connectivity index (χ0n) is 25.5. The Hall–Kier alpha value is -2.89. The summed E-state index contributed by atoms with van der Waals surface area (Å²) in [6.07, 6.45) is 2.03. The molecule has 12 heteroatoms. The summed E-state index contributed by atoms with van der Waals surface area (Å²) in [7, 11) is 0. The number of carbonyl (C=O) groups is 5. The largest absolute Gasteiger partial charge is 0.508 e. The second-order valence-corrected chi connectivity index (χ2v) is 10.4. The Bertz CT molecular complexity index is 764. The normalized spacial score (nSPS) is 10.9. The maximum Gasteiger partial charge on any atom is 0.508 e. The Labute approximate surface area is 239 Å². The summed E-state index contributed by atoms with van der Waals surface area (Å²) in [6.45, 7) is 14.8. The quantitative estimate of drug-likeness (QED) is 0.157. The van der Waals surface area contributed by atoms with Crippen molar-refractivity contribution in [2.45, 2.75) is 92.1 Å². The van der Waals surface area contributed by atoms with Crippen molar-refractivity contribution in [2.75, 3.05) is 59.0 Å². The summed E-state index contributed by atoms with van der Waals surface area (Å²) >= 11 is 0. The van der Waals surface area contributed by atoms with Gasteiger partial charge in [-0.1, -0.05) is 20.8 Å². The lowest BCUT2D eigenvalue weighted by Crippen LogP contribution is -2.37. The van der Waals surface area contributed by atoms with E-state index in [1.54, 1.807) is 30.6 Å². The molecule has 0 aliphatic rings. The summed E-state index contributed by atoms with van der Waals surface area (Å²) in [5.74, 6) is -0.862. The minimum Gasteiger partial charge on any atom is -0.464 e. The molecule has 0 spiro atoms. The fraction of sp³-hybridized carbons (Fsp3) is 0.821. The van der Waals surface area contributed by atoms with Crippen LogP contribution in [-0.2, 0) is 33.4 Å². The Balaban J connectivity index is 4.02. The molecule has 232 valence electrons. The van der Waals surface area contributed by atoms with Gasteiger partial charge in [0.2, 0.25) is 17.7 Å². The Kier molecular flexibility index (Phi) is 20.3. The Morgan fingerprint density at radius 3 is 1.75 bits per heavy atom. The minimum absolute atomic E-state index is 0.0163. The van der Waals surface area contributed by atoms with E-state index in [4.69, 9.17) is 14.2 Å². The monoisotopic (exact) mass is 572 g/mol. The molecule has 0 saturated heterocycles. The molecule has 0 unspecified atom stereocenters. The van der Waals surface area contributed by atoms with E-state index in [0.29, 0.717) is 39.3 Å². The average molecular weight is 573 g/mol. The molecule has 0 aromatic rings. The van der Waals surface area contributed by atoms with Gasteiger partial charge in [-0.2, -0.15) is 0 Å². The first-order chi connectivity index (χ1) is 18.9. The van der Waals surface area contributed by atoms with Gasteiger partial charge < -0.3 is 34.6 Å². The van der Waals surface area contributed by atoms with Gasteiger partial charge >= 0.3 is 12.1 Å². The molecule has 0 fully saturated rings. The first-order valence-corrected chi connectivity index (χ1v) is 14.5. The van der Waals surface area contributed by atoms with Gasteiger partial charge in [0.1, 0.15) is 18.8 Å². The van der Waals surface area contributed by atoms with E-state index in [0.717, 1.165) is 19.3 Å². The van der Waals surface area contributed by atoms with Crippen LogP contribution < -0.4 is 10.6 Å². The summed E-state index contributed by atoms with van der Waals surface area (Å²) in [4.78, 5) is 63.7. The molecule has 0 saturated carbocycles. The maximum absolute atomic E-state index is 12.5. The third kappa shape index (κ3) is 20.1. The van der Waals surface area contributed by atoms with Crippen LogP contribution in [0.2, 0.25) is 0 Å². The first-order valence-electron chi connectivity index (χ1n) is 14.5. The standard InChI is InChI=1S/C28H52N4O8/c1-7-17-31(18-8-2)25(35)12-13-26(36)38-21-16-29-14-15-30-23(33)10-11-24(34)32(19-9-3)20-22-39-27(37)40-28(4,5)6/h29H,7-22H2,1-6H3,(H,30,33). The number of nitrogens with zero attached hydrogens (tertiary/aromatic N) is 2. The molecule has 0 rings (SSSR count). The second kappa shape index (κ2) is 21.9. The molecule has 2 N–H and O–H groups in total. The summed E-state index contributed by atoms with van der Waals surface area (Å²) < 4.78 is 15.3. The molecule has 3 amide bonds. The fourth-order valence-electron chi connectivity index (χ4n) is 3.61. The lowest BCUT2D eigenvalue weighted by molar-refractivity contribution is -0.146.